The second-order valence-corrected chi connectivity index (χ2v) is 2.53. The maximum Gasteiger partial charge on any atom is 0.125 e. The number of benzene rings is 1. The molecule has 0 atom stereocenters. The molecule has 1 aliphatic rings. The molecular formula is C9H8N2O. The molecule has 0 unspecified atom stereocenters. The van der Waals surface area contributed by atoms with Gasteiger partial charge in [0.15, 0.2) is 0 Å². The molecule has 0 fully saturated rings. The van der Waals surface area contributed by atoms with Gasteiger partial charge in [-0.25, -0.2) is 0 Å². The van der Waals surface area contributed by atoms with Crippen molar-refractivity contribution in [1.29, 1.82) is 0 Å². The van der Waals surface area contributed by atoms with Gasteiger partial charge in [-0.2, -0.15) is 10.2 Å². The number of hydrogen-bond donors (Lipinski definition) is 1. The third-order valence-corrected chi connectivity index (χ3v) is 1.72. The standard InChI is InChI=1S/C9H8N2O/c12-9-4-2-1-3-7(9)8-5-6-10-11-8/h1-5,12H,6H2. The number of nitrogens with zero attached hydrogens (tertiary/aromatic N) is 2. The summed E-state index contributed by atoms with van der Waals surface area (Å²) in [6.45, 7) is 0.615. The Balaban J connectivity index is 2.46. The van der Waals surface area contributed by atoms with E-state index in [4.69, 9.17) is 0 Å². The normalized spacial score (nSPS) is 14.8. The van der Waals surface area contributed by atoms with Crippen molar-refractivity contribution in [2.24, 2.45) is 10.2 Å². The molecule has 1 aromatic rings. The van der Waals surface area contributed by atoms with Crippen molar-refractivity contribution >= 4 is 5.70 Å². The first kappa shape index (κ1) is 7.03. The summed E-state index contributed by atoms with van der Waals surface area (Å²) in [7, 11) is 0. The first-order valence-electron chi connectivity index (χ1n) is 3.74. The Morgan fingerprint density at radius 3 is 2.75 bits per heavy atom. The third-order valence-electron chi connectivity index (χ3n) is 1.72. The lowest BCUT2D eigenvalue weighted by Gasteiger charge is -1.99. The highest BCUT2D eigenvalue weighted by atomic mass is 16.3. The summed E-state index contributed by atoms with van der Waals surface area (Å²) in [6, 6.07) is 7.12. The van der Waals surface area contributed by atoms with E-state index in [-0.39, 0.29) is 5.75 Å². The second kappa shape index (κ2) is 2.77. The van der Waals surface area contributed by atoms with Gasteiger partial charge in [-0.05, 0) is 18.2 Å². The van der Waals surface area contributed by atoms with Crippen LogP contribution in [0, 0.1) is 0 Å². The van der Waals surface area contributed by atoms with Gasteiger partial charge in [0.1, 0.15) is 5.75 Å². The lowest BCUT2D eigenvalue weighted by atomic mass is 10.1. The Bertz CT molecular complexity index is 355. The SMILES string of the molecule is Oc1ccccc1C1=CCN=N1. The highest BCUT2D eigenvalue weighted by Crippen LogP contribution is 2.27. The van der Waals surface area contributed by atoms with Crippen molar-refractivity contribution in [1.82, 2.24) is 0 Å². The van der Waals surface area contributed by atoms with Crippen LogP contribution in [0.25, 0.3) is 5.70 Å². The Morgan fingerprint density at radius 1 is 1.25 bits per heavy atom. The molecule has 1 N–H and O–H groups in total. The van der Waals surface area contributed by atoms with Gasteiger partial charge in [-0.15, -0.1) is 0 Å². The molecule has 0 spiro atoms. The monoisotopic (exact) mass is 160 g/mol. The fraction of sp³-hybridized carbons (Fsp3) is 0.111. The van der Waals surface area contributed by atoms with Crippen molar-refractivity contribution < 1.29 is 5.11 Å². The number of aromatic hydroxyl groups is 1. The van der Waals surface area contributed by atoms with Gasteiger partial charge >= 0.3 is 0 Å². The average Bonchev–Trinajstić information content (AvgIpc) is 2.57. The van der Waals surface area contributed by atoms with Crippen molar-refractivity contribution in [2.75, 3.05) is 6.54 Å². The summed E-state index contributed by atoms with van der Waals surface area (Å²) in [5, 5.41) is 17.1. The van der Waals surface area contributed by atoms with Crippen molar-refractivity contribution in [3.05, 3.63) is 35.9 Å². The molecule has 0 radical (unpaired) electrons. The van der Waals surface area contributed by atoms with Gasteiger partial charge in [0.05, 0.1) is 12.2 Å². The minimum absolute atomic E-state index is 0.254. The number of azo groups is 1. The number of para-hydroxylation sites is 1. The zero-order chi connectivity index (χ0) is 8.39. The van der Waals surface area contributed by atoms with Gasteiger partial charge in [0.25, 0.3) is 0 Å². The van der Waals surface area contributed by atoms with E-state index < -0.39 is 0 Å². The molecule has 0 aliphatic carbocycles. The summed E-state index contributed by atoms with van der Waals surface area (Å²) >= 11 is 0. The minimum Gasteiger partial charge on any atom is -0.507 e. The fourth-order valence-electron chi connectivity index (χ4n) is 1.14. The van der Waals surface area contributed by atoms with E-state index in [2.05, 4.69) is 10.2 Å². The zero-order valence-corrected chi connectivity index (χ0v) is 6.44. The molecule has 3 nitrogen and oxygen atoms in total. The van der Waals surface area contributed by atoms with Crippen LogP contribution < -0.4 is 0 Å². The summed E-state index contributed by atoms with van der Waals surface area (Å²) in [5.74, 6) is 0.254. The van der Waals surface area contributed by atoms with E-state index >= 15 is 0 Å². The Morgan fingerprint density at radius 2 is 2.08 bits per heavy atom. The average molecular weight is 160 g/mol. The van der Waals surface area contributed by atoms with Crippen LogP contribution in [0.3, 0.4) is 0 Å². The molecule has 1 heterocycles. The van der Waals surface area contributed by atoms with E-state index in [0.717, 1.165) is 11.3 Å². The highest BCUT2D eigenvalue weighted by Gasteiger charge is 2.07. The van der Waals surface area contributed by atoms with E-state index in [0.29, 0.717) is 6.54 Å². The van der Waals surface area contributed by atoms with Gasteiger partial charge in [-0.3, -0.25) is 0 Å². The molecule has 0 amide bonds. The van der Waals surface area contributed by atoms with Crippen LogP contribution in [0.1, 0.15) is 5.56 Å². The summed E-state index contributed by atoms with van der Waals surface area (Å²) in [5.41, 5.74) is 1.51. The molecule has 60 valence electrons. The molecule has 1 aromatic carbocycles. The molecule has 0 bridgehead atoms. The topological polar surface area (TPSA) is 45.0 Å². The predicted molar refractivity (Wildman–Crippen MR) is 45.8 cm³/mol. The lowest BCUT2D eigenvalue weighted by molar-refractivity contribution is 0.473. The maximum atomic E-state index is 9.43. The van der Waals surface area contributed by atoms with E-state index in [1.165, 1.54) is 0 Å². The number of rotatable bonds is 1. The van der Waals surface area contributed by atoms with Gasteiger partial charge in [0.2, 0.25) is 0 Å². The third kappa shape index (κ3) is 1.09. The van der Waals surface area contributed by atoms with Crippen molar-refractivity contribution in [3.63, 3.8) is 0 Å². The molecule has 0 aromatic heterocycles. The second-order valence-electron chi connectivity index (χ2n) is 2.53. The lowest BCUT2D eigenvalue weighted by Crippen LogP contribution is -1.78. The predicted octanol–water partition coefficient (Wildman–Crippen LogP) is 2.20. The molecule has 0 saturated heterocycles. The Kier molecular flexibility index (Phi) is 1.63. The van der Waals surface area contributed by atoms with Gasteiger partial charge in [0, 0.05) is 5.56 Å². The smallest absolute Gasteiger partial charge is 0.125 e. The molecule has 0 saturated carbocycles. The van der Waals surface area contributed by atoms with E-state index in [1.54, 1.807) is 12.1 Å². The van der Waals surface area contributed by atoms with E-state index in [1.807, 2.05) is 18.2 Å². The minimum atomic E-state index is 0.254. The summed E-state index contributed by atoms with van der Waals surface area (Å²) < 4.78 is 0. The number of phenols is 1. The zero-order valence-electron chi connectivity index (χ0n) is 6.44. The maximum absolute atomic E-state index is 9.43. The molecule has 12 heavy (non-hydrogen) atoms. The van der Waals surface area contributed by atoms with Crippen molar-refractivity contribution in [2.45, 2.75) is 0 Å². The van der Waals surface area contributed by atoms with Crippen LogP contribution in [-0.2, 0) is 0 Å². The van der Waals surface area contributed by atoms with Crippen LogP contribution >= 0.6 is 0 Å². The molecule has 2 rings (SSSR count). The van der Waals surface area contributed by atoms with Crippen LogP contribution in [0.4, 0.5) is 0 Å². The molecule has 3 heteroatoms. The summed E-state index contributed by atoms with van der Waals surface area (Å²) in [4.78, 5) is 0. The Hall–Kier alpha value is -1.64. The highest BCUT2D eigenvalue weighted by molar-refractivity contribution is 5.69. The molecular weight excluding hydrogens is 152 g/mol. The van der Waals surface area contributed by atoms with Crippen LogP contribution in [-0.4, -0.2) is 11.7 Å². The fourth-order valence-corrected chi connectivity index (χ4v) is 1.14. The first-order chi connectivity index (χ1) is 5.88. The largest absolute Gasteiger partial charge is 0.507 e. The quantitative estimate of drug-likeness (QED) is 0.672. The van der Waals surface area contributed by atoms with Crippen LogP contribution in [0.2, 0.25) is 0 Å². The van der Waals surface area contributed by atoms with Crippen LogP contribution in [0.15, 0.2) is 40.6 Å². The Labute approximate surface area is 70.1 Å². The van der Waals surface area contributed by atoms with E-state index in [9.17, 15) is 5.11 Å². The molecule has 1 aliphatic heterocycles. The number of phenolic OH excluding ortho intramolecular Hbond substituents is 1. The first-order valence-corrected chi connectivity index (χ1v) is 3.74. The van der Waals surface area contributed by atoms with Crippen LogP contribution in [0.5, 0.6) is 5.75 Å². The van der Waals surface area contributed by atoms with Crippen molar-refractivity contribution in [3.8, 4) is 5.75 Å². The summed E-state index contributed by atoms with van der Waals surface area (Å²) in [6.07, 6.45) is 1.88. The number of hydrogen-bond acceptors (Lipinski definition) is 3. The van der Waals surface area contributed by atoms with Gasteiger partial charge in [-0.1, -0.05) is 12.1 Å². The van der Waals surface area contributed by atoms with Gasteiger partial charge < -0.3 is 5.11 Å².